The van der Waals surface area contributed by atoms with Gasteiger partial charge in [0.15, 0.2) is 17.5 Å². The van der Waals surface area contributed by atoms with Crippen molar-refractivity contribution < 1.29 is 4.42 Å². The van der Waals surface area contributed by atoms with Crippen LogP contribution in [0.1, 0.15) is 0 Å². The van der Waals surface area contributed by atoms with Gasteiger partial charge in [-0.2, -0.15) is 0 Å². The first-order chi connectivity index (χ1) is 27.2. The van der Waals surface area contributed by atoms with E-state index in [1.807, 2.05) is 18.2 Å². The minimum absolute atomic E-state index is 0.622. The van der Waals surface area contributed by atoms with E-state index in [4.69, 9.17) is 19.4 Å². The van der Waals surface area contributed by atoms with Crippen molar-refractivity contribution in [2.75, 3.05) is 0 Å². The standard InChI is InChI=1S/C51H29N3O/c1-2-12-32(13-3-1)49-52-50(35-24-23-30-11-4-5-14-33(30)25-35)54-51(53-49)36-26-34-15-6-7-18-37(34)41(27-36)40-21-10-22-45-48(40)44-28-42-38-19-8-16-31-17-9-20-39(47(31)38)43(42)29-46(44)55-45/h1-29H. The Bertz CT molecular complexity index is 3380. The highest BCUT2D eigenvalue weighted by Gasteiger charge is 2.25. The van der Waals surface area contributed by atoms with Crippen LogP contribution in [0.15, 0.2) is 180 Å². The van der Waals surface area contributed by atoms with Crippen molar-refractivity contribution in [1.82, 2.24) is 15.0 Å². The number of fused-ring (bicyclic) bond motifs is 8. The Morgan fingerprint density at radius 3 is 1.69 bits per heavy atom. The van der Waals surface area contributed by atoms with Crippen LogP contribution in [0, 0.1) is 0 Å². The van der Waals surface area contributed by atoms with Gasteiger partial charge in [-0.1, -0.05) is 140 Å². The second kappa shape index (κ2) is 11.5. The third-order valence-corrected chi connectivity index (χ3v) is 11.2. The second-order valence-electron chi connectivity index (χ2n) is 14.4. The van der Waals surface area contributed by atoms with Gasteiger partial charge in [-0.05, 0) is 102 Å². The fourth-order valence-corrected chi connectivity index (χ4v) is 8.67. The maximum absolute atomic E-state index is 6.69. The van der Waals surface area contributed by atoms with Crippen LogP contribution in [0.2, 0.25) is 0 Å². The molecule has 0 amide bonds. The van der Waals surface area contributed by atoms with Gasteiger partial charge >= 0.3 is 0 Å². The molecule has 0 bridgehead atoms. The van der Waals surface area contributed by atoms with E-state index >= 15 is 0 Å². The van der Waals surface area contributed by atoms with Crippen molar-refractivity contribution in [3.63, 3.8) is 0 Å². The zero-order valence-electron chi connectivity index (χ0n) is 29.5. The summed E-state index contributed by atoms with van der Waals surface area (Å²) in [5, 5.41) is 9.35. The Labute approximate surface area is 316 Å². The maximum atomic E-state index is 6.69. The normalized spacial score (nSPS) is 12.0. The molecule has 0 fully saturated rings. The summed E-state index contributed by atoms with van der Waals surface area (Å²) in [5.74, 6) is 1.89. The van der Waals surface area contributed by atoms with E-state index in [9.17, 15) is 0 Å². The third kappa shape index (κ3) is 4.62. The van der Waals surface area contributed by atoms with Crippen LogP contribution in [0.4, 0.5) is 0 Å². The first-order valence-electron chi connectivity index (χ1n) is 18.6. The number of hydrogen-bond donors (Lipinski definition) is 0. The van der Waals surface area contributed by atoms with Crippen LogP contribution >= 0.6 is 0 Å². The molecule has 12 rings (SSSR count). The molecule has 0 radical (unpaired) electrons. The molecule has 55 heavy (non-hydrogen) atoms. The molecule has 254 valence electrons. The molecule has 0 spiro atoms. The fraction of sp³-hybridized carbons (Fsp3) is 0. The molecular formula is C51H29N3O. The lowest BCUT2D eigenvalue weighted by molar-refractivity contribution is 0.669. The summed E-state index contributed by atoms with van der Waals surface area (Å²) in [4.78, 5) is 15.4. The van der Waals surface area contributed by atoms with Gasteiger partial charge in [-0.3, -0.25) is 0 Å². The van der Waals surface area contributed by atoms with Crippen molar-refractivity contribution >= 4 is 54.3 Å². The van der Waals surface area contributed by atoms with E-state index < -0.39 is 0 Å². The number of aromatic nitrogens is 3. The Balaban J connectivity index is 1.09. The molecule has 0 unspecified atom stereocenters. The van der Waals surface area contributed by atoms with Crippen LogP contribution in [0.5, 0.6) is 0 Å². The predicted octanol–water partition coefficient (Wildman–Crippen LogP) is 13.5. The lowest BCUT2D eigenvalue weighted by atomic mass is 9.92. The summed E-state index contributed by atoms with van der Waals surface area (Å²) >= 11 is 0. The molecule has 1 aliphatic carbocycles. The molecule has 1 aliphatic rings. The van der Waals surface area contributed by atoms with Crippen LogP contribution < -0.4 is 0 Å². The van der Waals surface area contributed by atoms with Crippen molar-refractivity contribution in [1.29, 1.82) is 0 Å². The Hall–Kier alpha value is -7.43. The number of benzene rings is 9. The molecule has 0 N–H and O–H groups in total. The molecule has 2 aromatic heterocycles. The first kappa shape index (κ1) is 30.1. The minimum atomic E-state index is 0.622. The Kier molecular flexibility index (Phi) is 6.31. The number of furan rings is 1. The van der Waals surface area contributed by atoms with Gasteiger partial charge in [-0.15, -0.1) is 0 Å². The summed E-state index contributed by atoms with van der Waals surface area (Å²) in [6, 6.07) is 62.1. The molecule has 0 saturated carbocycles. The van der Waals surface area contributed by atoms with Gasteiger partial charge in [0.05, 0.1) is 0 Å². The summed E-state index contributed by atoms with van der Waals surface area (Å²) < 4.78 is 6.69. The van der Waals surface area contributed by atoms with Gasteiger partial charge in [0, 0.05) is 27.5 Å². The fourth-order valence-electron chi connectivity index (χ4n) is 8.67. The van der Waals surface area contributed by atoms with E-state index in [0.29, 0.717) is 17.5 Å². The number of rotatable bonds is 4. The summed E-state index contributed by atoms with van der Waals surface area (Å²) in [6.07, 6.45) is 0. The highest BCUT2D eigenvalue weighted by molar-refractivity contribution is 6.21. The molecule has 0 aliphatic heterocycles. The van der Waals surface area contributed by atoms with Crippen LogP contribution in [-0.2, 0) is 0 Å². The topological polar surface area (TPSA) is 51.8 Å². The quantitative estimate of drug-likeness (QED) is 0.183. The predicted molar refractivity (Wildman–Crippen MR) is 226 cm³/mol. The molecule has 11 aromatic rings. The van der Waals surface area contributed by atoms with Gasteiger partial charge in [0.2, 0.25) is 0 Å². The van der Waals surface area contributed by atoms with Gasteiger partial charge in [0.25, 0.3) is 0 Å². The molecular weight excluding hydrogens is 671 g/mol. The number of nitrogens with zero attached hydrogens (tertiary/aromatic N) is 3. The monoisotopic (exact) mass is 699 g/mol. The van der Waals surface area contributed by atoms with E-state index in [2.05, 4.69) is 158 Å². The largest absolute Gasteiger partial charge is 0.456 e. The molecule has 0 atom stereocenters. The van der Waals surface area contributed by atoms with E-state index in [0.717, 1.165) is 65.9 Å². The van der Waals surface area contributed by atoms with E-state index in [1.54, 1.807) is 0 Å². The van der Waals surface area contributed by atoms with Gasteiger partial charge in [-0.25, -0.2) is 15.0 Å². The molecule has 4 heteroatoms. The third-order valence-electron chi connectivity index (χ3n) is 11.2. The van der Waals surface area contributed by atoms with Crippen LogP contribution in [-0.4, -0.2) is 15.0 Å². The second-order valence-corrected chi connectivity index (χ2v) is 14.4. The summed E-state index contributed by atoms with van der Waals surface area (Å²) in [7, 11) is 0. The zero-order valence-corrected chi connectivity index (χ0v) is 29.5. The van der Waals surface area contributed by atoms with Gasteiger partial charge in [0.1, 0.15) is 11.2 Å². The van der Waals surface area contributed by atoms with Crippen LogP contribution in [0.25, 0.3) is 122 Å². The first-order valence-corrected chi connectivity index (χ1v) is 18.6. The Morgan fingerprint density at radius 1 is 0.291 bits per heavy atom. The van der Waals surface area contributed by atoms with E-state index in [1.165, 1.54) is 38.4 Å². The van der Waals surface area contributed by atoms with Crippen molar-refractivity contribution in [2.45, 2.75) is 0 Å². The maximum Gasteiger partial charge on any atom is 0.164 e. The molecule has 9 aromatic carbocycles. The SMILES string of the molecule is c1ccc(-c2nc(-c3ccc4ccccc4c3)nc(-c3cc(-c4cccc5oc6cc7c(cc6c45)-c4cccc5cccc-7c45)c4ccccc4c3)n2)cc1. The van der Waals surface area contributed by atoms with Gasteiger partial charge < -0.3 is 4.42 Å². The lowest BCUT2D eigenvalue weighted by Gasteiger charge is -2.13. The lowest BCUT2D eigenvalue weighted by Crippen LogP contribution is -2.00. The van der Waals surface area contributed by atoms with Crippen molar-refractivity contribution in [3.8, 4) is 67.5 Å². The van der Waals surface area contributed by atoms with Crippen molar-refractivity contribution in [2.24, 2.45) is 0 Å². The highest BCUT2D eigenvalue weighted by atomic mass is 16.3. The van der Waals surface area contributed by atoms with Crippen molar-refractivity contribution in [3.05, 3.63) is 176 Å². The number of hydrogen-bond acceptors (Lipinski definition) is 4. The van der Waals surface area contributed by atoms with E-state index in [-0.39, 0.29) is 0 Å². The highest BCUT2D eigenvalue weighted by Crippen LogP contribution is 2.50. The zero-order chi connectivity index (χ0) is 36.0. The summed E-state index contributed by atoms with van der Waals surface area (Å²) in [5.41, 5.74) is 11.8. The molecule has 2 heterocycles. The summed E-state index contributed by atoms with van der Waals surface area (Å²) in [6.45, 7) is 0. The smallest absolute Gasteiger partial charge is 0.164 e. The Morgan fingerprint density at radius 2 is 0.891 bits per heavy atom. The average Bonchev–Trinajstić information content (AvgIpc) is 3.78. The molecule has 4 nitrogen and oxygen atoms in total. The van der Waals surface area contributed by atoms with Crippen LogP contribution in [0.3, 0.4) is 0 Å². The minimum Gasteiger partial charge on any atom is -0.456 e. The average molecular weight is 700 g/mol. The molecule has 0 saturated heterocycles.